The molecule has 0 aliphatic carbocycles. The number of benzene rings is 1. The SMILES string of the molecule is COc1cccc(C(=O)N2CCC(C(F)(F)F)CC2)c1O. The van der Waals surface area contributed by atoms with Crippen LogP contribution in [0.5, 0.6) is 11.5 Å². The number of alkyl halides is 3. The molecule has 1 aliphatic heterocycles. The van der Waals surface area contributed by atoms with E-state index in [1.165, 1.54) is 24.1 Å². The van der Waals surface area contributed by atoms with E-state index in [1.54, 1.807) is 6.07 Å². The van der Waals surface area contributed by atoms with Crippen molar-refractivity contribution in [1.29, 1.82) is 0 Å². The molecule has 1 aliphatic rings. The molecule has 4 nitrogen and oxygen atoms in total. The lowest BCUT2D eigenvalue weighted by molar-refractivity contribution is -0.183. The zero-order valence-electron chi connectivity index (χ0n) is 11.5. The Kier molecular flexibility index (Phi) is 4.29. The Morgan fingerprint density at radius 1 is 1.33 bits per heavy atom. The van der Waals surface area contributed by atoms with Crippen molar-refractivity contribution < 1.29 is 27.8 Å². The van der Waals surface area contributed by atoms with Crippen LogP contribution >= 0.6 is 0 Å². The number of aromatic hydroxyl groups is 1. The first-order valence-corrected chi connectivity index (χ1v) is 6.56. The number of phenols is 1. The van der Waals surface area contributed by atoms with E-state index in [0.717, 1.165) is 0 Å². The van der Waals surface area contributed by atoms with Crippen LogP contribution in [0.2, 0.25) is 0 Å². The van der Waals surface area contributed by atoms with Crippen molar-refractivity contribution in [3.8, 4) is 11.5 Å². The zero-order valence-corrected chi connectivity index (χ0v) is 11.5. The largest absolute Gasteiger partial charge is 0.504 e. The fourth-order valence-corrected chi connectivity index (χ4v) is 2.44. The number of carbonyl (C=O) groups excluding carboxylic acids is 1. The highest BCUT2D eigenvalue weighted by atomic mass is 19.4. The van der Waals surface area contributed by atoms with Gasteiger partial charge in [0.15, 0.2) is 11.5 Å². The van der Waals surface area contributed by atoms with E-state index in [2.05, 4.69) is 0 Å². The summed E-state index contributed by atoms with van der Waals surface area (Å²) in [5.74, 6) is -1.97. The Morgan fingerprint density at radius 2 is 1.95 bits per heavy atom. The number of likely N-dealkylation sites (tertiary alicyclic amines) is 1. The maximum absolute atomic E-state index is 12.6. The minimum Gasteiger partial charge on any atom is -0.504 e. The van der Waals surface area contributed by atoms with E-state index in [-0.39, 0.29) is 43.0 Å². The number of piperidine rings is 1. The molecule has 0 aromatic heterocycles. The molecule has 0 radical (unpaired) electrons. The van der Waals surface area contributed by atoms with E-state index in [9.17, 15) is 23.1 Å². The summed E-state index contributed by atoms with van der Waals surface area (Å²) in [5, 5.41) is 9.92. The summed E-state index contributed by atoms with van der Waals surface area (Å²) in [6.45, 7) is 0.0549. The highest BCUT2D eigenvalue weighted by Crippen LogP contribution is 2.35. The first-order valence-electron chi connectivity index (χ1n) is 6.56. The fourth-order valence-electron chi connectivity index (χ4n) is 2.44. The molecule has 116 valence electrons. The van der Waals surface area contributed by atoms with Gasteiger partial charge in [0.2, 0.25) is 0 Å². The second kappa shape index (κ2) is 5.83. The molecule has 21 heavy (non-hydrogen) atoms. The number of carbonyl (C=O) groups is 1. The number of hydrogen-bond donors (Lipinski definition) is 1. The van der Waals surface area contributed by atoms with Crippen molar-refractivity contribution in [2.45, 2.75) is 19.0 Å². The number of hydrogen-bond acceptors (Lipinski definition) is 3. The maximum Gasteiger partial charge on any atom is 0.391 e. The number of phenolic OH excluding ortho intramolecular Hbond substituents is 1. The molecule has 1 saturated heterocycles. The van der Waals surface area contributed by atoms with Gasteiger partial charge in [-0.3, -0.25) is 4.79 Å². The molecule has 0 bridgehead atoms. The Labute approximate surface area is 120 Å². The van der Waals surface area contributed by atoms with Gasteiger partial charge < -0.3 is 14.7 Å². The number of rotatable bonds is 2. The van der Waals surface area contributed by atoms with Crippen LogP contribution in [0.3, 0.4) is 0 Å². The van der Waals surface area contributed by atoms with Crippen molar-refractivity contribution >= 4 is 5.91 Å². The van der Waals surface area contributed by atoms with Crippen molar-refractivity contribution in [2.75, 3.05) is 20.2 Å². The molecule has 0 saturated carbocycles. The van der Waals surface area contributed by atoms with Crippen LogP contribution in [0, 0.1) is 5.92 Å². The van der Waals surface area contributed by atoms with E-state index in [0.29, 0.717) is 0 Å². The minimum absolute atomic E-state index is 0.0274. The number of halogens is 3. The molecule has 0 unspecified atom stereocenters. The smallest absolute Gasteiger partial charge is 0.391 e. The van der Waals surface area contributed by atoms with Crippen LogP contribution in [0.4, 0.5) is 13.2 Å². The van der Waals surface area contributed by atoms with Crippen LogP contribution in [0.25, 0.3) is 0 Å². The summed E-state index contributed by atoms with van der Waals surface area (Å²) in [7, 11) is 1.36. The molecular formula is C14H16F3NO3. The van der Waals surface area contributed by atoms with E-state index in [4.69, 9.17) is 4.74 Å². The van der Waals surface area contributed by atoms with Gasteiger partial charge in [0, 0.05) is 13.1 Å². The molecule has 1 aromatic rings. The standard InChI is InChI=1S/C14H16F3NO3/c1-21-11-4-2-3-10(12(11)19)13(20)18-7-5-9(6-8-18)14(15,16)17/h2-4,9,19H,5-8H2,1H3. The number of amides is 1. The molecule has 0 spiro atoms. The lowest BCUT2D eigenvalue weighted by Crippen LogP contribution is -2.42. The van der Waals surface area contributed by atoms with Crippen LogP contribution in [-0.2, 0) is 0 Å². The second-order valence-corrected chi connectivity index (χ2v) is 4.96. The Balaban J connectivity index is 2.09. The van der Waals surface area contributed by atoms with Crippen LogP contribution in [0.1, 0.15) is 23.2 Å². The number of ether oxygens (including phenoxy) is 1. The molecule has 1 heterocycles. The lowest BCUT2D eigenvalue weighted by Gasteiger charge is -2.33. The van der Waals surface area contributed by atoms with Crippen LogP contribution in [-0.4, -0.2) is 42.3 Å². The molecule has 1 fully saturated rings. The van der Waals surface area contributed by atoms with Crippen LogP contribution < -0.4 is 4.74 Å². The van der Waals surface area contributed by atoms with Gasteiger partial charge in [-0.25, -0.2) is 0 Å². The average Bonchev–Trinajstić information content (AvgIpc) is 2.46. The van der Waals surface area contributed by atoms with Crippen molar-refractivity contribution in [1.82, 2.24) is 4.90 Å². The first kappa shape index (κ1) is 15.5. The van der Waals surface area contributed by atoms with Gasteiger partial charge >= 0.3 is 6.18 Å². The molecule has 1 amide bonds. The van der Waals surface area contributed by atoms with Crippen LogP contribution in [0.15, 0.2) is 18.2 Å². The summed E-state index contributed by atoms with van der Waals surface area (Å²) >= 11 is 0. The number of nitrogens with zero attached hydrogens (tertiary/aromatic N) is 1. The summed E-state index contributed by atoms with van der Waals surface area (Å²) in [5.41, 5.74) is 0.0415. The summed E-state index contributed by atoms with van der Waals surface area (Å²) < 4.78 is 42.7. The minimum atomic E-state index is -4.22. The highest BCUT2D eigenvalue weighted by molar-refractivity contribution is 5.97. The molecule has 1 N–H and O–H groups in total. The van der Waals surface area contributed by atoms with Crippen molar-refractivity contribution in [3.63, 3.8) is 0 Å². The Bertz CT molecular complexity index is 523. The van der Waals surface area contributed by atoms with Gasteiger partial charge in [0.1, 0.15) is 0 Å². The van der Waals surface area contributed by atoms with Gasteiger partial charge in [0.05, 0.1) is 18.6 Å². The predicted molar refractivity (Wildman–Crippen MR) is 69.3 cm³/mol. The number of methoxy groups -OCH3 is 1. The monoisotopic (exact) mass is 303 g/mol. The molecule has 2 rings (SSSR count). The third kappa shape index (κ3) is 3.22. The number of para-hydroxylation sites is 1. The predicted octanol–water partition coefficient (Wildman–Crippen LogP) is 2.82. The Hall–Kier alpha value is -1.92. The molecule has 1 aromatic carbocycles. The summed E-state index contributed by atoms with van der Waals surface area (Å²) in [6, 6.07) is 4.48. The van der Waals surface area contributed by atoms with E-state index in [1.807, 2.05) is 0 Å². The summed E-state index contributed by atoms with van der Waals surface area (Å²) in [4.78, 5) is 13.6. The molecule has 7 heteroatoms. The molecular weight excluding hydrogens is 287 g/mol. The Morgan fingerprint density at radius 3 is 2.48 bits per heavy atom. The van der Waals surface area contributed by atoms with Gasteiger partial charge in [-0.15, -0.1) is 0 Å². The molecule has 0 atom stereocenters. The normalized spacial score (nSPS) is 16.9. The third-order valence-electron chi connectivity index (χ3n) is 3.69. The topological polar surface area (TPSA) is 49.8 Å². The first-order chi connectivity index (χ1) is 9.84. The zero-order chi connectivity index (χ0) is 15.6. The van der Waals surface area contributed by atoms with E-state index >= 15 is 0 Å². The van der Waals surface area contributed by atoms with Gasteiger partial charge in [0.25, 0.3) is 5.91 Å². The second-order valence-electron chi connectivity index (χ2n) is 4.96. The lowest BCUT2D eigenvalue weighted by atomic mass is 9.95. The average molecular weight is 303 g/mol. The van der Waals surface area contributed by atoms with Gasteiger partial charge in [-0.05, 0) is 25.0 Å². The van der Waals surface area contributed by atoms with Crippen molar-refractivity contribution in [2.24, 2.45) is 5.92 Å². The fraction of sp³-hybridized carbons (Fsp3) is 0.500. The third-order valence-corrected chi connectivity index (χ3v) is 3.69. The van der Waals surface area contributed by atoms with Gasteiger partial charge in [-0.2, -0.15) is 13.2 Å². The quantitative estimate of drug-likeness (QED) is 0.914. The highest BCUT2D eigenvalue weighted by Gasteiger charge is 2.41. The van der Waals surface area contributed by atoms with E-state index < -0.39 is 18.0 Å². The van der Waals surface area contributed by atoms with Gasteiger partial charge in [-0.1, -0.05) is 6.07 Å². The summed E-state index contributed by atoms with van der Waals surface area (Å²) in [6.07, 6.45) is -4.44. The maximum atomic E-state index is 12.6. The van der Waals surface area contributed by atoms with Crippen molar-refractivity contribution in [3.05, 3.63) is 23.8 Å².